The van der Waals surface area contributed by atoms with Crippen molar-refractivity contribution < 1.29 is 14.8 Å². The van der Waals surface area contributed by atoms with E-state index in [9.17, 15) is 9.59 Å². The lowest BCUT2D eigenvalue weighted by Gasteiger charge is -2.19. The minimum Gasteiger partial charge on any atom is -0.348 e. The van der Waals surface area contributed by atoms with Crippen molar-refractivity contribution in [3.63, 3.8) is 0 Å². The molecule has 0 aromatic heterocycles. The fourth-order valence-corrected chi connectivity index (χ4v) is 2.76. The van der Waals surface area contributed by atoms with E-state index in [1.54, 1.807) is 17.6 Å². The number of hydrogen-bond acceptors (Lipinski definition) is 4. The maximum Gasteiger partial charge on any atom is 0.251 e. The van der Waals surface area contributed by atoms with Gasteiger partial charge in [-0.25, -0.2) is 5.48 Å². The van der Waals surface area contributed by atoms with Crippen LogP contribution < -0.4 is 16.1 Å². The minimum absolute atomic E-state index is 0.149. The number of benzene rings is 1. The molecule has 1 aromatic carbocycles. The predicted octanol–water partition coefficient (Wildman–Crippen LogP) is 0.597. The molecule has 0 heterocycles. The summed E-state index contributed by atoms with van der Waals surface area (Å²) in [5, 5.41) is 14.8. The number of amides is 2. The molecule has 2 rings (SSSR count). The second-order valence-corrected chi connectivity index (χ2v) is 5.49. The van der Waals surface area contributed by atoms with E-state index in [2.05, 4.69) is 10.6 Å². The van der Waals surface area contributed by atoms with Gasteiger partial charge in [0.25, 0.3) is 5.91 Å². The predicted molar refractivity (Wildman–Crippen MR) is 77.9 cm³/mol. The van der Waals surface area contributed by atoms with Gasteiger partial charge in [-0.15, -0.1) is 0 Å². The summed E-state index contributed by atoms with van der Waals surface area (Å²) in [6.07, 6.45) is 1.24. The zero-order valence-electron chi connectivity index (χ0n) is 12.2. The highest BCUT2D eigenvalue weighted by atomic mass is 16.5. The highest BCUT2D eigenvalue weighted by Gasteiger charge is 2.39. The minimum atomic E-state index is -0.457. The number of rotatable bonds is 4. The molecule has 1 aliphatic rings. The Morgan fingerprint density at radius 3 is 2.43 bits per heavy atom. The van der Waals surface area contributed by atoms with E-state index >= 15 is 0 Å². The van der Waals surface area contributed by atoms with Gasteiger partial charge in [0.2, 0.25) is 5.91 Å². The van der Waals surface area contributed by atoms with Gasteiger partial charge in [0.05, 0.1) is 5.92 Å². The van der Waals surface area contributed by atoms with Gasteiger partial charge in [0.1, 0.15) is 0 Å². The third kappa shape index (κ3) is 3.59. The molecule has 1 saturated carbocycles. The highest BCUT2D eigenvalue weighted by molar-refractivity contribution is 5.95. The van der Waals surface area contributed by atoms with Gasteiger partial charge in [0, 0.05) is 17.6 Å². The van der Waals surface area contributed by atoms with E-state index in [1.165, 1.54) is 0 Å². The van der Waals surface area contributed by atoms with Crippen LogP contribution in [0.3, 0.4) is 0 Å². The molecule has 0 radical (unpaired) electrons. The molecule has 21 heavy (non-hydrogen) atoms. The average molecular weight is 291 g/mol. The number of nitrogens with one attached hydrogen (secondary N) is 3. The topological polar surface area (TPSA) is 90.5 Å². The molecule has 6 heteroatoms. The van der Waals surface area contributed by atoms with Crippen molar-refractivity contribution in [3.05, 3.63) is 35.4 Å². The molecule has 114 valence electrons. The van der Waals surface area contributed by atoms with Gasteiger partial charge in [0.15, 0.2) is 0 Å². The first-order chi connectivity index (χ1) is 10.0. The van der Waals surface area contributed by atoms with Crippen LogP contribution in [-0.4, -0.2) is 36.2 Å². The Morgan fingerprint density at radius 2 is 1.86 bits per heavy atom. The molecule has 1 aromatic rings. The maximum absolute atomic E-state index is 12.2. The standard InChI is InChI=1S/C15H21N3O3/c1-9-3-5-10(6-4-9)14(19)17-13-8-11(16-2)7-12(13)15(20)18-21/h3-6,11-13,16,21H,7-8H2,1-2H3,(H,17,19)(H,18,20)/t11?,12-,13?/m0/s1. The number of carbonyl (C=O) groups is 2. The van der Waals surface area contributed by atoms with Crippen LogP contribution in [0.4, 0.5) is 0 Å². The molecule has 0 spiro atoms. The van der Waals surface area contributed by atoms with Gasteiger partial charge in [-0.2, -0.15) is 0 Å². The first-order valence-electron chi connectivity index (χ1n) is 7.04. The van der Waals surface area contributed by atoms with E-state index < -0.39 is 11.8 Å². The zero-order valence-corrected chi connectivity index (χ0v) is 12.2. The first-order valence-corrected chi connectivity index (χ1v) is 7.04. The molecule has 0 aliphatic heterocycles. The fraction of sp³-hybridized carbons (Fsp3) is 0.467. The summed E-state index contributed by atoms with van der Waals surface area (Å²) in [6, 6.07) is 7.13. The summed E-state index contributed by atoms with van der Waals surface area (Å²) >= 11 is 0. The van der Waals surface area contributed by atoms with E-state index in [0.717, 1.165) is 5.56 Å². The Morgan fingerprint density at radius 1 is 1.19 bits per heavy atom. The number of hydroxylamine groups is 1. The summed E-state index contributed by atoms with van der Waals surface area (Å²) in [7, 11) is 1.82. The van der Waals surface area contributed by atoms with Crippen LogP contribution in [-0.2, 0) is 4.79 Å². The van der Waals surface area contributed by atoms with Gasteiger partial charge in [-0.05, 0) is 38.9 Å². The number of carbonyl (C=O) groups excluding carboxylic acids is 2. The molecular formula is C15H21N3O3. The quantitative estimate of drug-likeness (QED) is 0.483. The van der Waals surface area contributed by atoms with Crippen LogP contribution in [0.25, 0.3) is 0 Å². The normalized spacial score (nSPS) is 24.6. The van der Waals surface area contributed by atoms with Gasteiger partial charge < -0.3 is 10.6 Å². The van der Waals surface area contributed by atoms with E-state index in [-0.39, 0.29) is 18.0 Å². The van der Waals surface area contributed by atoms with Crippen LogP contribution in [0.1, 0.15) is 28.8 Å². The zero-order chi connectivity index (χ0) is 15.4. The fourth-order valence-electron chi connectivity index (χ4n) is 2.76. The van der Waals surface area contributed by atoms with Gasteiger partial charge in [-0.1, -0.05) is 17.7 Å². The smallest absolute Gasteiger partial charge is 0.251 e. The lowest BCUT2D eigenvalue weighted by molar-refractivity contribution is -0.133. The molecular weight excluding hydrogens is 270 g/mol. The Hall–Kier alpha value is -1.92. The highest BCUT2D eigenvalue weighted by Crippen LogP contribution is 2.26. The van der Waals surface area contributed by atoms with Crippen molar-refractivity contribution in [1.29, 1.82) is 0 Å². The summed E-state index contributed by atoms with van der Waals surface area (Å²) < 4.78 is 0. The van der Waals surface area contributed by atoms with Crippen molar-refractivity contribution in [2.45, 2.75) is 31.8 Å². The van der Waals surface area contributed by atoms with Crippen LogP contribution >= 0.6 is 0 Å². The number of hydrogen-bond donors (Lipinski definition) is 4. The van der Waals surface area contributed by atoms with Crippen LogP contribution in [0.5, 0.6) is 0 Å². The van der Waals surface area contributed by atoms with Crippen molar-refractivity contribution in [1.82, 2.24) is 16.1 Å². The van der Waals surface area contributed by atoms with Gasteiger partial charge >= 0.3 is 0 Å². The molecule has 3 atom stereocenters. The molecule has 1 aliphatic carbocycles. The van der Waals surface area contributed by atoms with E-state index in [0.29, 0.717) is 18.4 Å². The molecule has 2 unspecified atom stereocenters. The van der Waals surface area contributed by atoms with Crippen molar-refractivity contribution >= 4 is 11.8 Å². The molecule has 0 saturated heterocycles. The Kier molecular flexibility index (Phi) is 4.93. The largest absolute Gasteiger partial charge is 0.348 e. The monoisotopic (exact) mass is 291 g/mol. The Balaban J connectivity index is 2.07. The summed E-state index contributed by atoms with van der Waals surface area (Å²) in [6.45, 7) is 1.96. The van der Waals surface area contributed by atoms with E-state index in [1.807, 2.05) is 26.1 Å². The number of aryl methyl sites for hydroxylation is 1. The van der Waals surface area contributed by atoms with Crippen LogP contribution in [0.15, 0.2) is 24.3 Å². The lowest BCUT2D eigenvalue weighted by atomic mass is 10.0. The Bertz CT molecular complexity index is 515. The third-order valence-corrected chi connectivity index (χ3v) is 4.05. The second kappa shape index (κ2) is 6.69. The maximum atomic E-state index is 12.2. The lowest BCUT2D eigenvalue weighted by Crippen LogP contribution is -2.43. The molecule has 4 N–H and O–H groups in total. The average Bonchev–Trinajstić information content (AvgIpc) is 2.90. The molecule has 1 fully saturated rings. The van der Waals surface area contributed by atoms with Crippen molar-refractivity contribution in [2.75, 3.05) is 7.05 Å². The summed E-state index contributed by atoms with van der Waals surface area (Å²) in [5.41, 5.74) is 3.33. The first kappa shape index (κ1) is 15.5. The summed E-state index contributed by atoms with van der Waals surface area (Å²) in [4.78, 5) is 23.9. The van der Waals surface area contributed by atoms with Gasteiger partial charge in [-0.3, -0.25) is 14.8 Å². The molecule has 0 bridgehead atoms. The van der Waals surface area contributed by atoms with Crippen molar-refractivity contribution in [2.24, 2.45) is 5.92 Å². The van der Waals surface area contributed by atoms with Crippen LogP contribution in [0.2, 0.25) is 0 Å². The molecule has 2 amide bonds. The van der Waals surface area contributed by atoms with Crippen LogP contribution in [0, 0.1) is 12.8 Å². The third-order valence-electron chi connectivity index (χ3n) is 4.05. The Labute approximate surface area is 123 Å². The van der Waals surface area contributed by atoms with E-state index in [4.69, 9.17) is 5.21 Å². The molecule has 6 nitrogen and oxygen atoms in total. The summed E-state index contributed by atoms with van der Waals surface area (Å²) in [5.74, 6) is -1.09. The SMILES string of the molecule is CNC1CC(NC(=O)c2ccc(C)cc2)[C@@H](C(=O)NO)C1. The second-order valence-electron chi connectivity index (χ2n) is 5.49. The van der Waals surface area contributed by atoms with Crippen molar-refractivity contribution in [3.8, 4) is 0 Å².